The molecule has 3 rings (SSSR count). The number of carboxylic acid groups (broad SMARTS) is 1. The van der Waals surface area contributed by atoms with Gasteiger partial charge >= 0.3 is 5.97 Å². The highest BCUT2D eigenvalue weighted by Gasteiger charge is 2.25. The lowest BCUT2D eigenvalue weighted by molar-refractivity contribution is 0.0697. The number of nitrogens with zero attached hydrogens (tertiary/aromatic N) is 3. The molecule has 1 saturated heterocycles. The lowest BCUT2D eigenvalue weighted by Gasteiger charge is -2.22. The summed E-state index contributed by atoms with van der Waals surface area (Å²) in [6.45, 7) is 3.52. The summed E-state index contributed by atoms with van der Waals surface area (Å²) < 4.78 is 7.03. The fourth-order valence-corrected chi connectivity index (χ4v) is 2.71. The quantitative estimate of drug-likeness (QED) is 0.887. The van der Waals surface area contributed by atoms with Gasteiger partial charge in [0.05, 0.1) is 23.9 Å². The van der Waals surface area contributed by atoms with Gasteiger partial charge in [0, 0.05) is 31.8 Å². The highest BCUT2D eigenvalue weighted by Crippen LogP contribution is 2.28. The molecule has 0 aromatic carbocycles. The van der Waals surface area contributed by atoms with Gasteiger partial charge in [0.25, 0.3) is 0 Å². The van der Waals surface area contributed by atoms with Gasteiger partial charge in [-0.05, 0) is 13.3 Å². The van der Waals surface area contributed by atoms with E-state index in [0.29, 0.717) is 23.9 Å². The van der Waals surface area contributed by atoms with Gasteiger partial charge < -0.3 is 15.2 Å². The van der Waals surface area contributed by atoms with Crippen LogP contribution in [0, 0.1) is 5.92 Å². The standard InChI is InChI=1S/C14H18N4O3/c1-8(9-3-4-21-7-9)17-12-10-6-16-18(2)13(10)15-5-11(12)14(19)20/h5-6,8-9H,3-4,7H2,1-2H3,(H,15,17)(H,19,20). The van der Waals surface area contributed by atoms with E-state index in [1.54, 1.807) is 17.9 Å². The molecule has 0 aliphatic carbocycles. The Hall–Kier alpha value is -2.15. The monoisotopic (exact) mass is 290 g/mol. The van der Waals surface area contributed by atoms with E-state index >= 15 is 0 Å². The second-order valence-electron chi connectivity index (χ2n) is 5.41. The molecule has 1 aliphatic heterocycles. The summed E-state index contributed by atoms with van der Waals surface area (Å²) in [5, 5.41) is 17.6. The summed E-state index contributed by atoms with van der Waals surface area (Å²) in [5.74, 6) is -0.614. The summed E-state index contributed by atoms with van der Waals surface area (Å²) in [7, 11) is 1.79. The number of hydrogen-bond donors (Lipinski definition) is 2. The largest absolute Gasteiger partial charge is 0.478 e. The van der Waals surface area contributed by atoms with E-state index in [4.69, 9.17) is 4.74 Å². The van der Waals surface area contributed by atoms with Gasteiger partial charge in [0.1, 0.15) is 5.56 Å². The zero-order chi connectivity index (χ0) is 15.0. The number of pyridine rings is 1. The number of aromatic carboxylic acids is 1. The molecule has 21 heavy (non-hydrogen) atoms. The van der Waals surface area contributed by atoms with Crippen molar-refractivity contribution in [1.29, 1.82) is 0 Å². The Balaban J connectivity index is 2.01. The number of ether oxygens (including phenoxy) is 1. The van der Waals surface area contributed by atoms with Crippen molar-refractivity contribution in [2.24, 2.45) is 13.0 Å². The SMILES string of the molecule is CC(Nc1c(C(=O)O)cnc2c1cnn2C)C1CCOC1. The van der Waals surface area contributed by atoms with E-state index in [1.807, 2.05) is 6.92 Å². The maximum absolute atomic E-state index is 11.4. The van der Waals surface area contributed by atoms with Crippen LogP contribution in [-0.4, -0.2) is 45.1 Å². The minimum atomic E-state index is -0.995. The van der Waals surface area contributed by atoms with Crippen LogP contribution >= 0.6 is 0 Å². The van der Waals surface area contributed by atoms with Crippen LogP contribution in [-0.2, 0) is 11.8 Å². The summed E-state index contributed by atoms with van der Waals surface area (Å²) in [4.78, 5) is 15.6. The number of anilines is 1. The average Bonchev–Trinajstić information content (AvgIpc) is 3.09. The molecule has 3 heterocycles. The molecule has 2 unspecified atom stereocenters. The van der Waals surface area contributed by atoms with Crippen molar-refractivity contribution in [3.63, 3.8) is 0 Å². The van der Waals surface area contributed by atoms with Crippen LogP contribution in [0.4, 0.5) is 5.69 Å². The van der Waals surface area contributed by atoms with Crippen molar-refractivity contribution in [3.8, 4) is 0 Å². The van der Waals surface area contributed by atoms with Crippen LogP contribution in [0.1, 0.15) is 23.7 Å². The second-order valence-corrected chi connectivity index (χ2v) is 5.41. The molecule has 2 atom stereocenters. The van der Waals surface area contributed by atoms with Crippen molar-refractivity contribution in [1.82, 2.24) is 14.8 Å². The summed E-state index contributed by atoms with van der Waals surface area (Å²) in [5.41, 5.74) is 1.42. The van der Waals surface area contributed by atoms with E-state index < -0.39 is 5.97 Å². The first-order chi connectivity index (χ1) is 10.1. The molecular weight excluding hydrogens is 272 g/mol. The Labute approximate surface area is 121 Å². The minimum absolute atomic E-state index is 0.122. The van der Waals surface area contributed by atoms with Gasteiger partial charge in [-0.3, -0.25) is 4.68 Å². The summed E-state index contributed by atoms with van der Waals surface area (Å²) >= 11 is 0. The van der Waals surface area contributed by atoms with Crippen LogP contribution in [0.5, 0.6) is 0 Å². The number of carbonyl (C=O) groups is 1. The third-order valence-corrected chi connectivity index (χ3v) is 4.04. The Morgan fingerprint density at radius 1 is 1.57 bits per heavy atom. The van der Waals surface area contributed by atoms with Crippen LogP contribution < -0.4 is 5.32 Å². The molecule has 2 aromatic heterocycles. The highest BCUT2D eigenvalue weighted by molar-refractivity contribution is 6.03. The Morgan fingerprint density at radius 3 is 3.05 bits per heavy atom. The molecule has 1 fully saturated rings. The van der Waals surface area contributed by atoms with Gasteiger partial charge in [-0.2, -0.15) is 5.10 Å². The van der Waals surface area contributed by atoms with Crippen molar-refractivity contribution in [2.75, 3.05) is 18.5 Å². The van der Waals surface area contributed by atoms with Crippen LogP contribution in [0.15, 0.2) is 12.4 Å². The van der Waals surface area contributed by atoms with Gasteiger partial charge in [-0.25, -0.2) is 9.78 Å². The molecular formula is C14H18N4O3. The zero-order valence-electron chi connectivity index (χ0n) is 12.0. The molecule has 0 bridgehead atoms. The zero-order valence-corrected chi connectivity index (χ0v) is 12.0. The number of carboxylic acids is 1. The lowest BCUT2D eigenvalue weighted by atomic mass is 10.00. The third-order valence-electron chi connectivity index (χ3n) is 4.04. The third kappa shape index (κ3) is 2.44. The molecule has 0 saturated carbocycles. The molecule has 7 heteroatoms. The van der Waals surface area contributed by atoms with Crippen molar-refractivity contribution < 1.29 is 14.6 Å². The Kier molecular flexibility index (Phi) is 3.50. The van der Waals surface area contributed by atoms with Crippen molar-refractivity contribution >= 4 is 22.7 Å². The normalized spacial score (nSPS) is 19.8. The number of hydrogen-bond acceptors (Lipinski definition) is 5. The fraction of sp³-hybridized carbons (Fsp3) is 0.500. The summed E-state index contributed by atoms with van der Waals surface area (Å²) in [6.07, 6.45) is 4.01. The van der Waals surface area contributed by atoms with Gasteiger partial charge in [-0.15, -0.1) is 0 Å². The first kappa shape index (κ1) is 13.8. The maximum atomic E-state index is 11.4. The molecule has 2 N–H and O–H groups in total. The molecule has 0 radical (unpaired) electrons. The predicted octanol–water partition coefficient (Wildman–Crippen LogP) is 1.50. The Morgan fingerprint density at radius 2 is 2.38 bits per heavy atom. The van der Waals surface area contributed by atoms with E-state index in [0.717, 1.165) is 18.4 Å². The molecule has 0 spiro atoms. The fourth-order valence-electron chi connectivity index (χ4n) is 2.71. The van der Waals surface area contributed by atoms with E-state index in [2.05, 4.69) is 15.4 Å². The van der Waals surface area contributed by atoms with Gasteiger partial charge in [0.15, 0.2) is 5.65 Å². The molecule has 2 aromatic rings. The Bertz CT molecular complexity index is 676. The molecule has 7 nitrogen and oxygen atoms in total. The minimum Gasteiger partial charge on any atom is -0.478 e. The summed E-state index contributed by atoms with van der Waals surface area (Å²) in [6, 6.07) is 0.122. The molecule has 112 valence electrons. The number of aryl methyl sites for hydroxylation is 1. The number of fused-ring (bicyclic) bond motifs is 1. The smallest absolute Gasteiger partial charge is 0.339 e. The van der Waals surface area contributed by atoms with Crippen molar-refractivity contribution in [2.45, 2.75) is 19.4 Å². The first-order valence-corrected chi connectivity index (χ1v) is 6.96. The van der Waals surface area contributed by atoms with Crippen LogP contribution in [0.25, 0.3) is 11.0 Å². The molecule has 1 aliphatic rings. The number of aromatic nitrogens is 3. The second kappa shape index (κ2) is 5.33. The predicted molar refractivity (Wildman–Crippen MR) is 77.5 cm³/mol. The van der Waals surface area contributed by atoms with E-state index in [9.17, 15) is 9.90 Å². The van der Waals surface area contributed by atoms with E-state index in [-0.39, 0.29) is 11.6 Å². The average molecular weight is 290 g/mol. The number of nitrogens with one attached hydrogen (secondary N) is 1. The van der Waals surface area contributed by atoms with Gasteiger partial charge in [0.2, 0.25) is 0 Å². The van der Waals surface area contributed by atoms with Crippen LogP contribution in [0.2, 0.25) is 0 Å². The van der Waals surface area contributed by atoms with E-state index in [1.165, 1.54) is 6.20 Å². The lowest BCUT2D eigenvalue weighted by Crippen LogP contribution is -2.27. The van der Waals surface area contributed by atoms with Crippen molar-refractivity contribution in [3.05, 3.63) is 18.0 Å². The maximum Gasteiger partial charge on any atom is 0.339 e. The van der Waals surface area contributed by atoms with Gasteiger partial charge in [-0.1, -0.05) is 0 Å². The topological polar surface area (TPSA) is 89.3 Å². The first-order valence-electron chi connectivity index (χ1n) is 6.96. The number of rotatable bonds is 4. The highest BCUT2D eigenvalue weighted by atomic mass is 16.5. The molecule has 0 amide bonds. The van der Waals surface area contributed by atoms with Crippen LogP contribution in [0.3, 0.4) is 0 Å².